The van der Waals surface area contributed by atoms with Crippen LogP contribution < -0.4 is 19.5 Å². The average molecular weight is 395 g/mol. The maximum absolute atomic E-state index is 13.1. The molecular formula is C22H27N4O3+. The SMILES string of the molecule is CCOc1ccccc1N1C[C@H](C(=O)N2CCN(c3cc[nH+]cc3)CC2)CC1=O. The summed E-state index contributed by atoms with van der Waals surface area (Å²) in [5.74, 6) is 0.450. The minimum atomic E-state index is -0.296. The van der Waals surface area contributed by atoms with Crippen molar-refractivity contribution in [3.05, 3.63) is 48.8 Å². The third-order valence-corrected chi connectivity index (χ3v) is 5.59. The van der Waals surface area contributed by atoms with Gasteiger partial charge in [0.1, 0.15) is 5.75 Å². The van der Waals surface area contributed by atoms with Gasteiger partial charge in [0.15, 0.2) is 12.4 Å². The van der Waals surface area contributed by atoms with Crippen LogP contribution in [0.1, 0.15) is 13.3 Å². The molecule has 1 N–H and O–H groups in total. The Balaban J connectivity index is 1.39. The molecule has 0 radical (unpaired) electrons. The van der Waals surface area contributed by atoms with Crippen LogP contribution in [-0.4, -0.2) is 56.0 Å². The molecule has 0 unspecified atom stereocenters. The van der Waals surface area contributed by atoms with Crippen LogP contribution in [0.5, 0.6) is 5.75 Å². The van der Waals surface area contributed by atoms with Crippen LogP contribution in [-0.2, 0) is 9.59 Å². The van der Waals surface area contributed by atoms with Crippen LogP contribution in [0.3, 0.4) is 0 Å². The fourth-order valence-corrected chi connectivity index (χ4v) is 4.10. The molecule has 0 aliphatic carbocycles. The van der Waals surface area contributed by atoms with Gasteiger partial charge in [-0.3, -0.25) is 9.59 Å². The first-order chi connectivity index (χ1) is 14.2. The van der Waals surface area contributed by atoms with Crippen molar-refractivity contribution in [1.29, 1.82) is 0 Å². The first kappa shape index (κ1) is 19.2. The van der Waals surface area contributed by atoms with Gasteiger partial charge in [-0.15, -0.1) is 0 Å². The van der Waals surface area contributed by atoms with E-state index >= 15 is 0 Å². The number of para-hydroxylation sites is 2. The van der Waals surface area contributed by atoms with Crippen LogP contribution in [0.4, 0.5) is 11.4 Å². The van der Waals surface area contributed by atoms with E-state index in [9.17, 15) is 9.59 Å². The molecule has 1 aromatic heterocycles. The Labute approximate surface area is 170 Å². The van der Waals surface area contributed by atoms with Gasteiger partial charge >= 0.3 is 0 Å². The monoisotopic (exact) mass is 395 g/mol. The summed E-state index contributed by atoms with van der Waals surface area (Å²) in [5.41, 5.74) is 1.91. The lowest BCUT2D eigenvalue weighted by Gasteiger charge is -2.36. The quantitative estimate of drug-likeness (QED) is 0.771. The van der Waals surface area contributed by atoms with Gasteiger partial charge < -0.3 is 19.4 Å². The summed E-state index contributed by atoms with van der Waals surface area (Å²) >= 11 is 0. The standard InChI is InChI=1S/C22H26N4O3/c1-2-29-20-6-4-3-5-19(20)26-16-17(15-21(26)27)22(28)25-13-11-24(12-14-25)18-7-9-23-10-8-18/h3-10,17H,2,11-16H2,1H3/p+1/t17-/m1/s1. The summed E-state index contributed by atoms with van der Waals surface area (Å²) in [5, 5.41) is 0. The Morgan fingerprint density at radius 3 is 2.55 bits per heavy atom. The summed E-state index contributed by atoms with van der Waals surface area (Å²) in [6.45, 7) is 5.82. The van der Waals surface area contributed by atoms with E-state index in [4.69, 9.17) is 4.74 Å². The molecule has 0 spiro atoms. The first-order valence-electron chi connectivity index (χ1n) is 10.2. The topological polar surface area (TPSA) is 67.2 Å². The van der Waals surface area contributed by atoms with Gasteiger partial charge in [0.25, 0.3) is 0 Å². The fraction of sp³-hybridized carbons (Fsp3) is 0.409. The molecule has 29 heavy (non-hydrogen) atoms. The summed E-state index contributed by atoms with van der Waals surface area (Å²) in [6, 6.07) is 11.6. The number of anilines is 2. The van der Waals surface area contributed by atoms with Gasteiger partial charge in [0.2, 0.25) is 11.8 Å². The van der Waals surface area contributed by atoms with Crippen LogP contribution >= 0.6 is 0 Å². The first-order valence-corrected chi connectivity index (χ1v) is 10.2. The smallest absolute Gasteiger partial charge is 0.228 e. The zero-order valence-corrected chi connectivity index (χ0v) is 16.7. The zero-order chi connectivity index (χ0) is 20.2. The van der Waals surface area contributed by atoms with Crippen molar-refractivity contribution in [2.24, 2.45) is 5.92 Å². The van der Waals surface area contributed by atoms with Crippen molar-refractivity contribution < 1.29 is 19.3 Å². The maximum atomic E-state index is 13.1. The maximum Gasteiger partial charge on any atom is 0.228 e. The second-order valence-corrected chi connectivity index (χ2v) is 7.38. The highest BCUT2D eigenvalue weighted by molar-refractivity contribution is 6.01. The van der Waals surface area contributed by atoms with E-state index in [2.05, 4.69) is 9.88 Å². The van der Waals surface area contributed by atoms with Gasteiger partial charge in [-0.05, 0) is 19.1 Å². The van der Waals surface area contributed by atoms with E-state index in [-0.39, 0.29) is 24.2 Å². The number of piperazine rings is 1. The van der Waals surface area contributed by atoms with E-state index < -0.39 is 0 Å². The number of ether oxygens (including phenoxy) is 1. The van der Waals surface area contributed by atoms with Crippen molar-refractivity contribution in [2.75, 3.05) is 49.1 Å². The summed E-state index contributed by atoms with van der Waals surface area (Å²) < 4.78 is 5.67. The number of nitrogens with zero attached hydrogens (tertiary/aromatic N) is 3. The molecule has 2 fully saturated rings. The molecule has 1 aromatic carbocycles. The van der Waals surface area contributed by atoms with Gasteiger partial charge in [-0.1, -0.05) is 12.1 Å². The molecule has 2 aliphatic rings. The zero-order valence-electron chi connectivity index (χ0n) is 16.7. The highest BCUT2D eigenvalue weighted by atomic mass is 16.5. The summed E-state index contributed by atoms with van der Waals surface area (Å²) in [7, 11) is 0. The Kier molecular flexibility index (Phi) is 5.64. The molecule has 7 nitrogen and oxygen atoms in total. The molecule has 4 rings (SSSR count). The number of aromatic nitrogens is 1. The normalized spacial score (nSPS) is 19.6. The van der Waals surface area contributed by atoms with E-state index in [0.717, 1.165) is 24.5 Å². The van der Waals surface area contributed by atoms with Gasteiger partial charge in [-0.2, -0.15) is 0 Å². The second-order valence-electron chi connectivity index (χ2n) is 7.38. The minimum absolute atomic E-state index is 0.0188. The number of hydrogen-bond donors (Lipinski definition) is 0. The van der Waals surface area contributed by atoms with E-state index in [1.807, 2.05) is 60.6 Å². The molecule has 152 valence electrons. The molecule has 1 atom stereocenters. The van der Waals surface area contributed by atoms with Crippen molar-refractivity contribution in [3.8, 4) is 5.75 Å². The van der Waals surface area contributed by atoms with Crippen LogP contribution in [0.15, 0.2) is 48.8 Å². The van der Waals surface area contributed by atoms with Gasteiger partial charge in [0, 0.05) is 57.0 Å². The highest BCUT2D eigenvalue weighted by Gasteiger charge is 2.38. The van der Waals surface area contributed by atoms with E-state index in [0.29, 0.717) is 32.0 Å². The lowest BCUT2D eigenvalue weighted by molar-refractivity contribution is -0.377. The molecule has 0 saturated carbocycles. The molecule has 2 aliphatic heterocycles. The van der Waals surface area contributed by atoms with Crippen molar-refractivity contribution >= 4 is 23.2 Å². The van der Waals surface area contributed by atoms with Crippen LogP contribution in [0.25, 0.3) is 0 Å². The number of benzene rings is 1. The fourth-order valence-electron chi connectivity index (χ4n) is 4.10. The molecule has 2 aromatic rings. The number of carbonyl (C=O) groups is 2. The van der Waals surface area contributed by atoms with Crippen molar-refractivity contribution in [3.63, 3.8) is 0 Å². The number of aromatic amines is 1. The van der Waals surface area contributed by atoms with E-state index in [1.165, 1.54) is 0 Å². The average Bonchev–Trinajstić information content (AvgIpc) is 3.16. The van der Waals surface area contributed by atoms with Crippen molar-refractivity contribution in [1.82, 2.24) is 4.90 Å². The van der Waals surface area contributed by atoms with Gasteiger partial charge in [-0.25, -0.2) is 4.98 Å². The number of amides is 2. The van der Waals surface area contributed by atoms with Gasteiger partial charge in [0.05, 0.1) is 18.2 Å². The Bertz CT molecular complexity index is 865. The predicted molar refractivity (Wildman–Crippen MR) is 110 cm³/mol. The van der Waals surface area contributed by atoms with Crippen LogP contribution in [0, 0.1) is 5.92 Å². The molecule has 2 saturated heterocycles. The molecular weight excluding hydrogens is 368 g/mol. The molecule has 7 heteroatoms. The minimum Gasteiger partial charge on any atom is -0.492 e. The number of pyridine rings is 1. The lowest BCUT2D eigenvalue weighted by atomic mass is 10.1. The third-order valence-electron chi connectivity index (χ3n) is 5.59. The number of nitrogens with one attached hydrogen (secondary N) is 1. The Morgan fingerprint density at radius 1 is 1.10 bits per heavy atom. The largest absolute Gasteiger partial charge is 0.492 e. The summed E-state index contributed by atoms with van der Waals surface area (Å²) in [6.07, 6.45) is 4.07. The van der Waals surface area contributed by atoms with Crippen molar-refractivity contribution in [2.45, 2.75) is 13.3 Å². The third kappa shape index (κ3) is 4.04. The summed E-state index contributed by atoms with van der Waals surface area (Å²) in [4.78, 5) is 34.6. The highest BCUT2D eigenvalue weighted by Crippen LogP contribution is 2.33. The number of carbonyl (C=O) groups excluding carboxylic acids is 2. The molecule has 3 heterocycles. The lowest BCUT2D eigenvalue weighted by Crippen LogP contribution is -2.50. The predicted octanol–water partition coefficient (Wildman–Crippen LogP) is 1.60. The second kappa shape index (κ2) is 8.51. The molecule has 0 bridgehead atoms. The number of hydrogen-bond acceptors (Lipinski definition) is 4. The van der Waals surface area contributed by atoms with Crippen LogP contribution in [0.2, 0.25) is 0 Å². The number of H-pyrrole nitrogens is 1. The number of rotatable bonds is 5. The van der Waals surface area contributed by atoms with E-state index in [1.54, 1.807) is 4.90 Å². The molecule has 2 amide bonds. The Hall–Kier alpha value is -3.09. The Morgan fingerprint density at radius 2 is 1.83 bits per heavy atom.